The van der Waals surface area contributed by atoms with Crippen LogP contribution in [0.15, 0.2) is 30.3 Å². The molecule has 1 aromatic rings. The molecule has 0 radical (unpaired) electrons. The van der Waals surface area contributed by atoms with Gasteiger partial charge in [-0.25, -0.2) is 4.79 Å². The Morgan fingerprint density at radius 2 is 2.00 bits per heavy atom. The second kappa shape index (κ2) is 7.26. The van der Waals surface area contributed by atoms with E-state index in [1.54, 1.807) is 11.9 Å². The number of likely N-dealkylation sites (tertiary alicyclic amines) is 1. The van der Waals surface area contributed by atoms with E-state index in [0.717, 1.165) is 5.56 Å². The lowest BCUT2D eigenvalue weighted by Gasteiger charge is -2.34. The Hall–Kier alpha value is -2.37. The topological polar surface area (TPSA) is 77.9 Å². The molecule has 2 rings (SSSR count). The fraction of sp³-hybridized carbons (Fsp3) is 0.471. The van der Waals surface area contributed by atoms with E-state index in [1.807, 2.05) is 30.3 Å². The van der Waals surface area contributed by atoms with Crippen molar-refractivity contribution in [3.05, 3.63) is 35.9 Å². The molecule has 0 aliphatic carbocycles. The Balaban J connectivity index is 2.17. The van der Waals surface area contributed by atoms with Gasteiger partial charge >= 0.3 is 5.97 Å². The smallest absolute Gasteiger partial charge is 0.326 e. The normalized spacial score (nSPS) is 19.3. The third-order valence-electron chi connectivity index (χ3n) is 4.31. The molecule has 0 spiro atoms. The van der Waals surface area contributed by atoms with Gasteiger partial charge < -0.3 is 14.9 Å². The van der Waals surface area contributed by atoms with Crippen molar-refractivity contribution in [3.63, 3.8) is 0 Å². The average Bonchev–Trinajstić information content (AvgIpc) is 2.54. The number of amides is 2. The predicted octanol–water partition coefficient (Wildman–Crippen LogP) is 1.36. The highest BCUT2D eigenvalue weighted by Gasteiger charge is 2.35. The SMILES string of the molecule is CC(C(=O)O)N(Cc1ccccc1)C(=O)C1CCN(C)C(=O)C1. The van der Waals surface area contributed by atoms with Crippen LogP contribution in [0.2, 0.25) is 0 Å². The highest BCUT2D eigenvalue weighted by Crippen LogP contribution is 2.22. The van der Waals surface area contributed by atoms with Gasteiger partial charge in [-0.1, -0.05) is 30.3 Å². The van der Waals surface area contributed by atoms with Gasteiger partial charge in [-0.2, -0.15) is 0 Å². The van der Waals surface area contributed by atoms with E-state index in [1.165, 1.54) is 11.8 Å². The van der Waals surface area contributed by atoms with Crippen molar-refractivity contribution in [2.24, 2.45) is 5.92 Å². The Morgan fingerprint density at radius 3 is 2.57 bits per heavy atom. The molecule has 1 fully saturated rings. The number of benzene rings is 1. The molecule has 1 N–H and O–H groups in total. The van der Waals surface area contributed by atoms with Gasteiger partial charge in [0.1, 0.15) is 6.04 Å². The second-order valence-corrected chi connectivity index (χ2v) is 5.97. The largest absolute Gasteiger partial charge is 0.480 e. The number of carbonyl (C=O) groups excluding carboxylic acids is 2. The average molecular weight is 318 g/mol. The van der Waals surface area contributed by atoms with Gasteiger partial charge in [-0.05, 0) is 18.9 Å². The molecule has 0 aromatic heterocycles. The van der Waals surface area contributed by atoms with Gasteiger partial charge in [0, 0.05) is 32.5 Å². The maximum absolute atomic E-state index is 12.8. The number of carboxylic acids is 1. The number of carboxylic acid groups (broad SMARTS) is 1. The molecule has 2 amide bonds. The molecular weight excluding hydrogens is 296 g/mol. The molecule has 0 saturated carbocycles. The van der Waals surface area contributed by atoms with Gasteiger partial charge in [0.05, 0.1) is 0 Å². The first kappa shape index (κ1) is 17.0. The maximum atomic E-state index is 12.8. The minimum Gasteiger partial charge on any atom is -0.480 e. The van der Waals surface area contributed by atoms with E-state index in [-0.39, 0.29) is 24.8 Å². The fourth-order valence-electron chi connectivity index (χ4n) is 2.71. The van der Waals surface area contributed by atoms with E-state index in [2.05, 4.69) is 0 Å². The highest BCUT2D eigenvalue weighted by molar-refractivity contribution is 5.89. The quantitative estimate of drug-likeness (QED) is 0.889. The van der Waals surface area contributed by atoms with Crippen molar-refractivity contribution >= 4 is 17.8 Å². The molecule has 2 atom stereocenters. The molecule has 1 aromatic carbocycles. The highest BCUT2D eigenvalue weighted by atomic mass is 16.4. The van der Waals surface area contributed by atoms with Crippen LogP contribution in [0.4, 0.5) is 0 Å². The Kier molecular flexibility index (Phi) is 5.36. The number of aliphatic carboxylic acids is 1. The molecule has 1 aliphatic heterocycles. The summed E-state index contributed by atoms with van der Waals surface area (Å²) >= 11 is 0. The van der Waals surface area contributed by atoms with Crippen LogP contribution in [0.3, 0.4) is 0 Å². The van der Waals surface area contributed by atoms with Crippen LogP contribution in [0, 0.1) is 5.92 Å². The number of hydrogen-bond acceptors (Lipinski definition) is 3. The first-order chi connectivity index (χ1) is 10.9. The summed E-state index contributed by atoms with van der Waals surface area (Å²) in [5.74, 6) is -1.82. The molecule has 23 heavy (non-hydrogen) atoms. The van der Waals surface area contributed by atoms with Crippen molar-refractivity contribution < 1.29 is 19.5 Å². The molecular formula is C17H22N2O4. The summed E-state index contributed by atoms with van der Waals surface area (Å²) in [6.07, 6.45) is 0.714. The van der Waals surface area contributed by atoms with E-state index in [9.17, 15) is 19.5 Å². The third-order valence-corrected chi connectivity index (χ3v) is 4.31. The van der Waals surface area contributed by atoms with E-state index in [0.29, 0.717) is 13.0 Å². The summed E-state index contributed by atoms with van der Waals surface area (Å²) in [4.78, 5) is 39.0. The van der Waals surface area contributed by atoms with Crippen LogP contribution < -0.4 is 0 Å². The minimum absolute atomic E-state index is 0.0720. The Labute approximate surface area is 135 Å². The Bertz CT molecular complexity index is 588. The molecule has 1 heterocycles. The molecule has 0 bridgehead atoms. The number of rotatable bonds is 5. The number of nitrogens with zero attached hydrogens (tertiary/aromatic N) is 2. The van der Waals surface area contributed by atoms with E-state index in [4.69, 9.17) is 0 Å². The first-order valence-corrected chi connectivity index (χ1v) is 7.71. The van der Waals surface area contributed by atoms with Crippen molar-refractivity contribution in [2.45, 2.75) is 32.4 Å². The van der Waals surface area contributed by atoms with Gasteiger partial charge in [-0.3, -0.25) is 9.59 Å². The zero-order chi connectivity index (χ0) is 17.0. The van der Waals surface area contributed by atoms with Crippen molar-refractivity contribution in [3.8, 4) is 0 Å². The van der Waals surface area contributed by atoms with E-state index >= 15 is 0 Å². The van der Waals surface area contributed by atoms with Crippen LogP contribution in [-0.4, -0.2) is 52.3 Å². The summed E-state index contributed by atoms with van der Waals surface area (Å²) in [6, 6.07) is 8.35. The van der Waals surface area contributed by atoms with Crippen molar-refractivity contribution in [2.75, 3.05) is 13.6 Å². The number of piperidine rings is 1. The predicted molar refractivity (Wildman–Crippen MR) is 84.5 cm³/mol. The lowest BCUT2D eigenvalue weighted by atomic mass is 9.94. The third kappa shape index (κ3) is 4.09. The number of carbonyl (C=O) groups is 3. The summed E-state index contributed by atoms with van der Waals surface area (Å²) < 4.78 is 0. The second-order valence-electron chi connectivity index (χ2n) is 5.97. The minimum atomic E-state index is -1.05. The molecule has 1 saturated heterocycles. The van der Waals surface area contributed by atoms with Crippen molar-refractivity contribution in [1.29, 1.82) is 0 Å². The van der Waals surface area contributed by atoms with Crippen LogP contribution in [-0.2, 0) is 20.9 Å². The fourth-order valence-corrected chi connectivity index (χ4v) is 2.71. The number of hydrogen-bond donors (Lipinski definition) is 1. The lowest BCUT2D eigenvalue weighted by molar-refractivity contribution is -0.154. The van der Waals surface area contributed by atoms with Crippen LogP contribution in [0.1, 0.15) is 25.3 Å². The first-order valence-electron chi connectivity index (χ1n) is 7.71. The monoisotopic (exact) mass is 318 g/mol. The Morgan fingerprint density at radius 1 is 1.35 bits per heavy atom. The van der Waals surface area contributed by atoms with Crippen LogP contribution >= 0.6 is 0 Å². The van der Waals surface area contributed by atoms with Gasteiger partial charge in [0.15, 0.2) is 0 Å². The molecule has 1 aliphatic rings. The molecule has 2 unspecified atom stereocenters. The summed E-state index contributed by atoms with van der Waals surface area (Å²) in [5, 5.41) is 9.30. The lowest BCUT2D eigenvalue weighted by Crippen LogP contribution is -2.48. The standard InChI is InChI=1S/C17H22N2O4/c1-12(17(22)23)19(11-13-6-4-3-5-7-13)16(21)14-8-9-18(2)15(20)10-14/h3-7,12,14H,8-11H2,1-2H3,(H,22,23). The van der Waals surface area contributed by atoms with Gasteiger partial charge in [0.2, 0.25) is 11.8 Å². The summed E-state index contributed by atoms with van der Waals surface area (Å²) in [7, 11) is 1.71. The molecule has 6 nitrogen and oxygen atoms in total. The zero-order valence-corrected chi connectivity index (χ0v) is 13.4. The molecule has 6 heteroatoms. The zero-order valence-electron chi connectivity index (χ0n) is 13.4. The van der Waals surface area contributed by atoms with Crippen LogP contribution in [0.5, 0.6) is 0 Å². The van der Waals surface area contributed by atoms with Crippen LogP contribution in [0.25, 0.3) is 0 Å². The summed E-state index contributed by atoms with van der Waals surface area (Å²) in [5.41, 5.74) is 0.869. The molecule has 124 valence electrons. The summed E-state index contributed by atoms with van der Waals surface area (Å²) in [6.45, 7) is 2.25. The van der Waals surface area contributed by atoms with Crippen molar-refractivity contribution in [1.82, 2.24) is 9.80 Å². The maximum Gasteiger partial charge on any atom is 0.326 e. The van der Waals surface area contributed by atoms with E-state index < -0.39 is 17.9 Å². The van der Waals surface area contributed by atoms with Gasteiger partial charge in [-0.15, -0.1) is 0 Å². The van der Waals surface area contributed by atoms with Gasteiger partial charge in [0.25, 0.3) is 0 Å².